The summed E-state index contributed by atoms with van der Waals surface area (Å²) in [6.45, 7) is 4.10. The Morgan fingerprint density at radius 1 is 1.05 bits per heavy atom. The molecule has 0 N–H and O–H groups in total. The second-order valence-corrected chi connectivity index (χ2v) is 4.89. The smallest absolute Gasteiger partial charge is 0.311 e. The highest BCUT2D eigenvalue weighted by Gasteiger charge is 2.12. The van der Waals surface area contributed by atoms with Crippen molar-refractivity contribution in [2.45, 2.75) is 33.1 Å². The van der Waals surface area contributed by atoms with Crippen molar-refractivity contribution in [3.05, 3.63) is 54.1 Å². The number of aryl methyl sites for hydroxylation is 1. The largest absolute Gasteiger partial charge is 0.426 e. The van der Waals surface area contributed by atoms with Gasteiger partial charge in [0.15, 0.2) is 0 Å². The number of esters is 1. The van der Waals surface area contributed by atoms with E-state index < -0.39 is 0 Å². The van der Waals surface area contributed by atoms with Crippen LogP contribution in [0.15, 0.2) is 48.5 Å². The van der Waals surface area contributed by atoms with Crippen molar-refractivity contribution in [1.82, 2.24) is 0 Å². The van der Waals surface area contributed by atoms with E-state index in [0.717, 1.165) is 29.5 Å². The number of ether oxygens (including phenoxy) is 1. The Hall–Kier alpha value is -2.09. The van der Waals surface area contributed by atoms with Gasteiger partial charge in [-0.3, -0.25) is 4.79 Å². The zero-order chi connectivity index (χ0) is 14.4. The van der Waals surface area contributed by atoms with E-state index in [4.69, 9.17) is 4.74 Å². The van der Waals surface area contributed by atoms with Crippen LogP contribution in [0.25, 0.3) is 11.1 Å². The molecule has 0 amide bonds. The Balaban J connectivity index is 2.30. The molecule has 0 aliphatic rings. The summed E-state index contributed by atoms with van der Waals surface area (Å²) in [5.41, 5.74) is 3.18. The molecule has 0 radical (unpaired) electrons. The fourth-order valence-corrected chi connectivity index (χ4v) is 2.20. The zero-order valence-corrected chi connectivity index (χ0v) is 12.1. The van der Waals surface area contributed by atoms with Crippen LogP contribution in [0, 0.1) is 6.92 Å². The summed E-state index contributed by atoms with van der Waals surface area (Å²) in [4.78, 5) is 11.8. The summed E-state index contributed by atoms with van der Waals surface area (Å²) in [7, 11) is 0. The quantitative estimate of drug-likeness (QED) is 0.577. The summed E-state index contributed by atoms with van der Waals surface area (Å²) in [6, 6.07) is 15.8. The summed E-state index contributed by atoms with van der Waals surface area (Å²) in [5.74, 6) is 0.493. The monoisotopic (exact) mass is 268 g/mol. The highest BCUT2D eigenvalue weighted by Crippen LogP contribution is 2.33. The third-order valence-electron chi connectivity index (χ3n) is 3.26. The maximum atomic E-state index is 11.8. The van der Waals surface area contributed by atoms with Crippen LogP contribution in [0.4, 0.5) is 0 Å². The standard InChI is InChI=1S/C18H20O2/c1-3-4-13-17(19)20-16-12-8-9-14(2)18(16)15-10-6-5-7-11-15/h5-12H,3-4,13H2,1-2H3. The highest BCUT2D eigenvalue weighted by atomic mass is 16.5. The Bertz CT molecular complexity index is 573. The molecule has 0 aliphatic carbocycles. The van der Waals surface area contributed by atoms with Gasteiger partial charge in [-0.25, -0.2) is 0 Å². The fourth-order valence-electron chi connectivity index (χ4n) is 2.20. The molecule has 104 valence electrons. The van der Waals surface area contributed by atoms with Crippen molar-refractivity contribution >= 4 is 5.97 Å². The summed E-state index contributed by atoms with van der Waals surface area (Å²) < 4.78 is 5.54. The Labute approximate surface area is 120 Å². The maximum absolute atomic E-state index is 11.8. The fraction of sp³-hybridized carbons (Fsp3) is 0.278. The number of rotatable bonds is 5. The Morgan fingerprint density at radius 2 is 1.80 bits per heavy atom. The molecule has 2 heteroatoms. The van der Waals surface area contributed by atoms with Crippen LogP contribution in [-0.4, -0.2) is 5.97 Å². The third-order valence-corrected chi connectivity index (χ3v) is 3.26. The minimum atomic E-state index is -0.158. The average Bonchev–Trinajstić information content (AvgIpc) is 2.46. The molecule has 2 aromatic carbocycles. The van der Waals surface area contributed by atoms with E-state index in [-0.39, 0.29) is 5.97 Å². The van der Waals surface area contributed by atoms with Crippen molar-refractivity contribution < 1.29 is 9.53 Å². The highest BCUT2D eigenvalue weighted by molar-refractivity contribution is 5.79. The lowest BCUT2D eigenvalue weighted by Crippen LogP contribution is -2.08. The first-order valence-corrected chi connectivity index (χ1v) is 7.08. The Kier molecular flexibility index (Phi) is 4.94. The third kappa shape index (κ3) is 3.47. The normalized spacial score (nSPS) is 10.3. The van der Waals surface area contributed by atoms with Crippen molar-refractivity contribution in [2.24, 2.45) is 0 Å². The van der Waals surface area contributed by atoms with Crippen LogP contribution >= 0.6 is 0 Å². The molecular formula is C18H20O2. The molecule has 2 aromatic rings. The predicted molar refractivity (Wildman–Crippen MR) is 81.8 cm³/mol. The van der Waals surface area contributed by atoms with Crippen molar-refractivity contribution in [2.75, 3.05) is 0 Å². The lowest BCUT2D eigenvalue weighted by Gasteiger charge is -2.13. The summed E-state index contributed by atoms with van der Waals surface area (Å²) >= 11 is 0. The number of carbonyl (C=O) groups is 1. The average molecular weight is 268 g/mol. The van der Waals surface area contributed by atoms with Gasteiger partial charge in [0.2, 0.25) is 0 Å². The van der Waals surface area contributed by atoms with Crippen LogP contribution < -0.4 is 4.74 Å². The predicted octanol–water partition coefficient (Wildman–Crippen LogP) is 4.76. The maximum Gasteiger partial charge on any atom is 0.311 e. The SMILES string of the molecule is CCCCC(=O)Oc1cccc(C)c1-c1ccccc1. The van der Waals surface area contributed by atoms with Crippen LogP contribution in [0.2, 0.25) is 0 Å². The van der Waals surface area contributed by atoms with E-state index in [9.17, 15) is 4.79 Å². The summed E-state index contributed by atoms with van der Waals surface area (Å²) in [6.07, 6.45) is 2.33. The number of carbonyl (C=O) groups excluding carboxylic acids is 1. The zero-order valence-electron chi connectivity index (χ0n) is 12.1. The number of hydrogen-bond donors (Lipinski definition) is 0. The van der Waals surface area contributed by atoms with Gasteiger partial charge in [-0.2, -0.15) is 0 Å². The molecule has 0 aliphatic heterocycles. The van der Waals surface area contributed by atoms with Crippen molar-refractivity contribution in [3.8, 4) is 16.9 Å². The van der Waals surface area contributed by atoms with Crippen LogP contribution in [0.5, 0.6) is 5.75 Å². The van der Waals surface area contributed by atoms with Gasteiger partial charge in [0.25, 0.3) is 0 Å². The van der Waals surface area contributed by atoms with E-state index >= 15 is 0 Å². The van der Waals surface area contributed by atoms with Gasteiger partial charge in [0.05, 0.1) is 0 Å². The number of unbranched alkanes of at least 4 members (excludes halogenated alkanes) is 1. The number of benzene rings is 2. The van der Waals surface area contributed by atoms with Gasteiger partial charge >= 0.3 is 5.97 Å². The molecule has 0 heterocycles. The molecular weight excluding hydrogens is 248 g/mol. The molecule has 0 saturated heterocycles. The van der Waals surface area contributed by atoms with Gasteiger partial charge in [0, 0.05) is 12.0 Å². The molecule has 2 nitrogen and oxygen atoms in total. The van der Waals surface area contributed by atoms with Gasteiger partial charge in [-0.1, -0.05) is 55.8 Å². The van der Waals surface area contributed by atoms with Crippen LogP contribution in [-0.2, 0) is 4.79 Å². The first kappa shape index (κ1) is 14.3. The molecule has 0 unspecified atom stereocenters. The van der Waals surface area contributed by atoms with Gasteiger partial charge in [-0.05, 0) is 30.5 Å². The Morgan fingerprint density at radius 3 is 2.50 bits per heavy atom. The van der Waals surface area contributed by atoms with E-state index in [0.29, 0.717) is 12.2 Å². The van der Waals surface area contributed by atoms with Crippen LogP contribution in [0.1, 0.15) is 31.7 Å². The second kappa shape index (κ2) is 6.90. The van der Waals surface area contributed by atoms with E-state index in [1.165, 1.54) is 0 Å². The topological polar surface area (TPSA) is 26.3 Å². The second-order valence-electron chi connectivity index (χ2n) is 4.89. The molecule has 0 saturated carbocycles. The van der Waals surface area contributed by atoms with Gasteiger partial charge in [-0.15, -0.1) is 0 Å². The van der Waals surface area contributed by atoms with E-state index in [2.05, 4.69) is 6.92 Å². The van der Waals surface area contributed by atoms with Crippen molar-refractivity contribution in [1.29, 1.82) is 0 Å². The minimum absolute atomic E-state index is 0.158. The first-order valence-electron chi connectivity index (χ1n) is 7.08. The molecule has 0 atom stereocenters. The molecule has 0 bridgehead atoms. The molecule has 0 aromatic heterocycles. The van der Waals surface area contributed by atoms with E-state index in [1.54, 1.807) is 0 Å². The minimum Gasteiger partial charge on any atom is -0.426 e. The first-order chi connectivity index (χ1) is 9.72. The molecule has 0 spiro atoms. The van der Waals surface area contributed by atoms with Gasteiger partial charge in [0.1, 0.15) is 5.75 Å². The lowest BCUT2D eigenvalue weighted by atomic mass is 9.99. The van der Waals surface area contributed by atoms with Crippen LogP contribution in [0.3, 0.4) is 0 Å². The number of hydrogen-bond acceptors (Lipinski definition) is 2. The summed E-state index contributed by atoms with van der Waals surface area (Å²) in [5, 5.41) is 0. The molecule has 20 heavy (non-hydrogen) atoms. The van der Waals surface area contributed by atoms with E-state index in [1.807, 2.05) is 55.5 Å². The van der Waals surface area contributed by atoms with Crippen molar-refractivity contribution in [3.63, 3.8) is 0 Å². The molecule has 0 fully saturated rings. The lowest BCUT2D eigenvalue weighted by molar-refractivity contribution is -0.134. The molecule has 2 rings (SSSR count). The van der Waals surface area contributed by atoms with Gasteiger partial charge < -0.3 is 4.74 Å².